The summed E-state index contributed by atoms with van der Waals surface area (Å²) < 4.78 is 6.67. The van der Waals surface area contributed by atoms with Crippen molar-refractivity contribution >= 4 is 18.2 Å². The monoisotopic (exact) mass is 484 g/mol. The SMILES string of the molecule is CCCCNCC1CCC(N(c2cccc(OCc3ccccc3)c2)[N+]23C=CN=CC2=CN=C3)CC1. The number of benzene rings is 2. The number of rotatable bonds is 11. The molecule has 0 aromatic heterocycles. The predicted molar refractivity (Wildman–Crippen MR) is 148 cm³/mol. The van der Waals surface area contributed by atoms with Crippen LogP contribution in [-0.2, 0) is 6.61 Å². The molecule has 188 valence electrons. The van der Waals surface area contributed by atoms with Crippen LogP contribution in [0.4, 0.5) is 5.69 Å². The molecule has 0 saturated heterocycles. The molecule has 1 fully saturated rings. The Bertz CT molecular complexity index is 1120. The van der Waals surface area contributed by atoms with E-state index in [9.17, 15) is 0 Å². The minimum atomic E-state index is 0.394. The average molecular weight is 485 g/mol. The third-order valence-electron chi connectivity index (χ3n) is 7.44. The number of nitrogens with zero attached hydrogens (tertiary/aromatic N) is 4. The average Bonchev–Trinajstić information content (AvgIpc) is 3.36. The molecule has 2 heterocycles. The van der Waals surface area contributed by atoms with Gasteiger partial charge in [0, 0.05) is 6.07 Å². The van der Waals surface area contributed by atoms with Crippen LogP contribution >= 0.6 is 0 Å². The molecule has 2 aromatic carbocycles. The van der Waals surface area contributed by atoms with Crippen LogP contribution in [0.25, 0.3) is 0 Å². The highest BCUT2D eigenvalue weighted by molar-refractivity contribution is 5.82. The van der Waals surface area contributed by atoms with E-state index in [-0.39, 0.29) is 0 Å². The minimum absolute atomic E-state index is 0.394. The van der Waals surface area contributed by atoms with E-state index in [1.807, 2.05) is 49.2 Å². The van der Waals surface area contributed by atoms with Crippen LogP contribution in [0.2, 0.25) is 0 Å². The number of hydrogen-bond acceptors (Lipinski definition) is 5. The Morgan fingerprint density at radius 2 is 1.89 bits per heavy atom. The highest BCUT2D eigenvalue weighted by Crippen LogP contribution is 2.39. The van der Waals surface area contributed by atoms with Gasteiger partial charge in [-0.15, -0.1) is 4.59 Å². The van der Waals surface area contributed by atoms with Crippen LogP contribution < -0.4 is 15.1 Å². The first-order valence-corrected chi connectivity index (χ1v) is 13.4. The van der Waals surface area contributed by atoms with Gasteiger partial charge in [-0.25, -0.2) is 10.0 Å². The first kappa shape index (κ1) is 24.5. The fourth-order valence-corrected chi connectivity index (χ4v) is 5.46. The number of unbranched alkanes of at least 4 members (excludes halogenated alkanes) is 1. The first-order valence-electron chi connectivity index (χ1n) is 13.4. The van der Waals surface area contributed by atoms with Gasteiger partial charge in [0.25, 0.3) is 0 Å². The van der Waals surface area contributed by atoms with E-state index in [1.54, 1.807) is 0 Å². The van der Waals surface area contributed by atoms with Crippen molar-refractivity contribution in [1.82, 2.24) is 5.32 Å². The molecule has 1 N–H and O–H groups in total. The standard InChI is InChI=1S/C30H38N5O/c1-2-3-16-31-20-25-12-14-27(15-13-25)34(35-18-17-32-21-29(35)22-33-24-35)28-10-7-11-30(19-28)36-23-26-8-5-4-6-9-26/h4-11,17-19,21-22,24-25,27,31H,2-3,12-16,20,23H2,1H3/q+1. The lowest BCUT2D eigenvalue weighted by atomic mass is 9.85. The van der Waals surface area contributed by atoms with Gasteiger partial charge >= 0.3 is 0 Å². The molecule has 1 saturated carbocycles. The molecule has 0 radical (unpaired) electrons. The van der Waals surface area contributed by atoms with E-state index in [0.29, 0.717) is 17.2 Å². The van der Waals surface area contributed by atoms with E-state index in [2.05, 4.69) is 63.8 Å². The molecule has 0 spiro atoms. The Balaban J connectivity index is 1.36. The summed E-state index contributed by atoms with van der Waals surface area (Å²) in [6, 6.07) is 19.2. The fourth-order valence-electron chi connectivity index (χ4n) is 5.46. The Hall–Kier alpha value is -3.22. The number of anilines is 1. The molecule has 6 heteroatoms. The van der Waals surface area contributed by atoms with E-state index in [1.165, 1.54) is 31.2 Å². The largest absolute Gasteiger partial charge is 0.489 e. The number of nitrogens with one attached hydrogen (secondary N) is 1. The Morgan fingerprint density at radius 1 is 1.03 bits per heavy atom. The highest BCUT2D eigenvalue weighted by Gasteiger charge is 2.45. The maximum atomic E-state index is 6.21. The first-order chi connectivity index (χ1) is 17.8. The quantitative estimate of drug-likeness (QED) is 0.306. The topological polar surface area (TPSA) is 49.2 Å². The number of aliphatic imine (C=N–C) groups is 2. The number of quaternary nitrogens is 1. The highest BCUT2D eigenvalue weighted by atomic mass is 16.5. The lowest BCUT2D eigenvalue weighted by molar-refractivity contribution is -0.746. The van der Waals surface area contributed by atoms with Crippen LogP contribution in [0.3, 0.4) is 0 Å². The van der Waals surface area contributed by atoms with Crippen molar-refractivity contribution in [3.05, 3.63) is 84.5 Å². The van der Waals surface area contributed by atoms with Gasteiger partial charge < -0.3 is 10.1 Å². The van der Waals surface area contributed by atoms with Gasteiger partial charge in [-0.1, -0.05) is 49.7 Å². The normalized spacial score (nSPS) is 24.4. The van der Waals surface area contributed by atoms with Crippen molar-refractivity contribution in [2.24, 2.45) is 15.9 Å². The van der Waals surface area contributed by atoms with Gasteiger partial charge in [0.15, 0.2) is 6.20 Å². The summed E-state index contributed by atoms with van der Waals surface area (Å²) in [5.74, 6) is 1.63. The van der Waals surface area contributed by atoms with E-state index in [0.717, 1.165) is 49.0 Å². The summed E-state index contributed by atoms with van der Waals surface area (Å²) >= 11 is 0. The molecule has 36 heavy (non-hydrogen) atoms. The summed E-state index contributed by atoms with van der Waals surface area (Å²) in [5.41, 5.74) is 3.38. The smallest absolute Gasteiger partial charge is 0.225 e. The number of ether oxygens (including phenoxy) is 1. The van der Waals surface area contributed by atoms with Gasteiger partial charge in [0.2, 0.25) is 12.0 Å². The third kappa shape index (κ3) is 5.45. The number of allylic oxidation sites excluding steroid dienone is 1. The van der Waals surface area contributed by atoms with Crippen molar-refractivity contribution in [1.29, 1.82) is 0 Å². The fraction of sp³-hybridized carbons (Fsp3) is 0.400. The minimum Gasteiger partial charge on any atom is -0.489 e. The van der Waals surface area contributed by atoms with Gasteiger partial charge in [-0.3, -0.25) is 4.99 Å². The van der Waals surface area contributed by atoms with E-state index < -0.39 is 0 Å². The van der Waals surface area contributed by atoms with Gasteiger partial charge in [0.1, 0.15) is 12.4 Å². The summed E-state index contributed by atoms with van der Waals surface area (Å²) in [4.78, 5) is 8.97. The molecule has 1 unspecified atom stereocenters. The molecular weight excluding hydrogens is 446 g/mol. The molecule has 6 nitrogen and oxygen atoms in total. The van der Waals surface area contributed by atoms with Crippen LogP contribution in [0.1, 0.15) is 51.0 Å². The number of hydrogen-bond donors (Lipinski definition) is 1. The molecule has 3 aliphatic rings. The van der Waals surface area contributed by atoms with Gasteiger partial charge in [0.05, 0.1) is 30.3 Å². The van der Waals surface area contributed by atoms with Crippen molar-refractivity contribution in [2.45, 2.75) is 58.1 Å². The van der Waals surface area contributed by atoms with Gasteiger partial charge in [-0.05, 0) is 68.8 Å². The molecule has 1 atom stereocenters. The second kappa shape index (κ2) is 11.7. The van der Waals surface area contributed by atoms with Crippen molar-refractivity contribution < 1.29 is 9.33 Å². The molecule has 1 aliphatic carbocycles. The summed E-state index contributed by atoms with van der Waals surface area (Å²) in [6.45, 7) is 5.07. The Morgan fingerprint density at radius 3 is 2.72 bits per heavy atom. The molecule has 0 bridgehead atoms. The zero-order valence-electron chi connectivity index (χ0n) is 21.3. The van der Waals surface area contributed by atoms with E-state index in [4.69, 9.17) is 4.74 Å². The molecule has 2 aromatic rings. The zero-order valence-corrected chi connectivity index (χ0v) is 21.3. The Kier molecular flexibility index (Phi) is 7.94. The van der Waals surface area contributed by atoms with Crippen LogP contribution in [0.15, 0.2) is 88.9 Å². The van der Waals surface area contributed by atoms with Crippen molar-refractivity contribution in [2.75, 3.05) is 18.1 Å². The lowest BCUT2D eigenvalue weighted by Crippen LogP contribution is -2.60. The second-order valence-electron chi connectivity index (χ2n) is 9.98. The van der Waals surface area contributed by atoms with Crippen molar-refractivity contribution in [3.63, 3.8) is 0 Å². The van der Waals surface area contributed by atoms with Crippen LogP contribution in [0.5, 0.6) is 5.75 Å². The number of fused-ring (bicyclic) bond motifs is 1. The zero-order chi connectivity index (χ0) is 24.6. The predicted octanol–water partition coefficient (Wildman–Crippen LogP) is 6.19. The lowest BCUT2D eigenvalue weighted by Gasteiger charge is -2.45. The second-order valence-corrected chi connectivity index (χ2v) is 9.98. The maximum absolute atomic E-state index is 6.21. The maximum Gasteiger partial charge on any atom is 0.225 e. The summed E-state index contributed by atoms with van der Waals surface area (Å²) in [5, 5.41) is 6.19. The van der Waals surface area contributed by atoms with Crippen LogP contribution in [-0.4, -0.2) is 36.3 Å². The van der Waals surface area contributed by atoms with Gasteiger partial charge in [-0.2, -0.15) is 0 Å². The van der Waals surface area contributed by atoms with Crippen molar-refractivity contribution in [3.8, 4) is 5.75 Å². The molecular formula is C30H38N5O+. The van der Waals surface area contributed by atoms with E-state index >= 15 is 0 Å². The summed E-state index contributed by atoms with van der Waals surface area (Å²) in [7, 11) is 0. The molecule has 2 aliphatic heterocycles. The molecule has 5 rings (SSSR count). The van der Waals surface area contributed by atoms with Crippen LogP contribution in [0, 0.1) is 5.92 Å². The molecule has 0 amide bonds. The third-order valence-corrected chi connectivity index (χ3v) is 7.44. The summed E-state index contributed by atoms with van der Waals surface area (Å²) in [6.07, 6.45) is 17.2. The Labute approximate surface area is 215 Å².